The van der Waals surface area contributed by atoms with Crippen LogP contribution in [0.1, 0.15) is 28.7 Å². The molecule has 0 spiro atoms. The largest absolute Gasteiger partial charge is 0.449 e. The van der Waals surface area contributed by atoms with Crippen molar-refractivity contribution in [1.82, 2.24) is 4.57 Å². The number of nitro benzene ring substituents is 1. The highest BCUT2D eigenvalue weighted by atomic mass is 35.5. The molecule has 10 heteroatoms. The first-order valence-electron chi connectivity index (χ1n) is 9.49. The molecular formula is C22H19ClFN3O5. The quantitative estimate of drug-likeness (QED) is 0.318. The Hall–Kier alpha value is -3.72. The highest BCUT2D eigenvalue weighted by molar-refractivity contribution is 6.33. The zero-order chi connectivity index (χ0) is 23.6. The van der Waals surface area contributed by atoms with Crippen LogP contribution in [0.5, 0.6) is 0 Å². The van der Waals surface area contributed by atoms with Crippen LogP contribution in [0.15, 0.2) is 48.5 Å². The fourth-order valence-corrected chi connectivity index (χ4v) is 3.36. The zero-order valence-electron chi connectivity index (χ0n) is 17.4. The van der Waals surface area contributed by atoms with Crippen molar-refractivity contribution in [3.63, 3.8) is 0 Å². The van der Waals surface area contributed by atoms with E-state index in [0.29, 0.717) is 11.4 Å². The van der Waals surface area contributed by atoms with Crippen LogP contribution in [0.4, 0.5) is 15.8 Å². The van der Waals surface area contributed by atoms with Gasteiger partial charge in [-0.1, -0.05) is 11.6 Å². The summed E-state index contributed by atoms with van der Waals surface area (Å²) >= 11 is 5.99. The average molecular weight is 460 g/mol. The van der Waals surface area contributed by atoms with Gasteiger partial charge in [0.05, 0.1) is 21.2 Å². The first-order chi connectivity index (χ1) is 15.1. The van der Waals surface area contributed by atoms with Gasteiger partial charge in [0.1, 0.15) is 5.82 Å². The molecule has 0 aliphatic carbocycles. The first-order valence-corrected chi connectivity index (χ1v) is 9.87. The summed E-state index contributed by atoms with van der Waals surface area (Å²) in [6, 6.07) is 11.0. The van der Waals surface area contributed by atoms with E-state index in [2.05, 4.69) is 5.32 Å². The Morgan fingerprint density at radius 2 is 1.81 bits per heavy atom. The lowest BCUT2D eigenvalue weighted by Crippen LogP contribution is -2.30. The Kier molecular flexibility index (Phi) is 6.59. The van der Waals surface area contributed by atoms with Crippen molar-refractivity contribution in [2.24, 2.45) is 0 Å². The van der Waals surface area contributed by atoms with E-state index in [9.17, 15) is 24.1 Å². The number of nitrogens with zero attached hydrogens (tertiary/aromatic N) is 2. The predicted octanol–water partition coefficient (Wildman–Crippen LogP) is 4.98. The number of esters is 1. The van der Waals surface area contributed by atoms with Crippen LogP contribution < -0.4 is 5.32 Å². The standard InChI is InChI=1S/C22H19ClFN3O5/c1-12-10-18(13(2)26(12)16-6-4-15(24)5-7-16)22(29)32-14(3)21(28)25-20-11-17(27(30)31)8-9-19(20)23/h4-11,14H,1-3H3,(H,25,28). The number of hydrogen-bond acceptors (Lipinski definition) is 5. The summed E-state index contributed by atoms with van der Waals surface area (Å²) in [5.74, 6) is -1.80. The molecule has 0 aliphatic heterocycles. The van der Waals surface area contributed by atoms with Gasteiger partial charge in [-0.25, -0.2) is 9.18 Å². The zero-order valence-corrected chi connectivity index (χ0v) is 18.1. The summed E-state index contributed by atoms with van der Waals surface area (Å²) < 4.78 is 20.3. The minimum Gasteiger partial charge on any atom is -0.449 e. The SMILES string of the molecule is Cc1cc(C(=O)OC(C)C(=O)Nc2cc([N+](=O)[O-])ccc2Cl)c(C)n1-c1ccc(F)cc1. The number of rotatable bonds is 6. The van der Waals surface area contributed by atoms with Gasteiger partial charge >= 0.3 is 5.97 Å². The molecule has 1 atom stereocenters. The molecule has 1 N–H and O–H groups in total. The molecule has 1 amide bonds. The molecule has 1 aromatic heterocycles. The van der Waals surface area contributed by atoms with Crippen LogP contribution in [-0.4, -0.2) is 27.5 Å². The Morgan fingerprint density at radius 1 is 1.16 bits per heavy atom. The lowest BCUT2D eigenvalue weighted by Gasteiger charge is -2.14. The van der Waals surface area contributed by atoms with E-state index in [0.717, 1.165) is 11.8 Å². The number of carbonyl (C=O) groups excluding carboxylic acids is 2. The van der Waals surface area contributed by atoms with Gasteiger partial charge in [-0.15, -0.1) is 0 Å². The summed E-state index contributed by atoms with van der Waals surface area (Å²) in [5, 5.41) is 13.5. The van der Waals surface area contributed by atoms with Gasteiger partial charge in [0.15, 0.2) is 6.10 Å². The van der Waals surface area contributed by atoms with E-state index in [1.807, 2.05) is 0 Å². The van der Waals surface area contributed by atoms with E-state index in [-0.39, 0.29) is 27.8 Å². The maximum Gasteiger partial charge on any atom is 0.340 e. The number of ether oxygens (including phenoxy) is 1. The molecule has 3 aromatic rings. The average Bonchev–Trinajstić information content (AvgIpc) is 3.04. The molecule has 0 saturated heterocycles. The van der Waals surface area contributed by atoms with Crippen molar-refractivity contribution in [3.05, 3.63) is 86.4 Å². The lowest BCUT2D eigenvalue weighted by molar-refractivity contribution is -0.384. The van der Waals surface area contributed by atoms with E-state index >= 15 is 0 Å². The van der Waals surface area contributed by atoms with Crippen LogP contribution >= 0.6 is 11.6 Å². The molecule has 32 heavy (non-hydrogen) atoms. The van der Waals surface area contributed by atoms with Gasteiger partial charge in [-0.3, -0.25) is 14.9 Å². The van der Waals surface area contributed by atoms with Gasteiger partial charge in [-0.2, -0.15) is 0 Å². The molecule has 0 aliphatic rings. The maximum atomic E-state index is 13.2. The van der Waals surface area contributed by atoms with Crippen molar-refractivity contribution in [3.8, 4) is 5.69 Å². The number of non-ortho nitro benzene ring substituents is 1. The predicted molar refractivity (Wildman–Crippen MR) is 117 cm³/mol. The number of halogens is 2. The maximum absolute atomic E-state index is 13.2. The summed E-state index contributed by atoms with van der Waals surface area (Å²) in [6.45, 7) is 4.87. The minimum atomic E-state index is -1.20. The topological polar surface area (TPSA) is 103 Å². The summed E-state index contributed by atoms with van der Waals surface area (Å²) in [7, 11) is 0. The third-order valence-corrected chi connectivity index (χ3v) is 5.14. The molecule has 8 nitrogen and oxygen atoms in total. The fraction of sp³-hybridized carbons (Fsp3) is 0.182. The van der Waals surface area contributed by atoms with Crippen molar-refractivity contribution in [2.75, 3.05) is 5.32 Å². The van der Waals surface area contributed by atoms with Crippen molar-refractivity contribution in [2.45, 2.75) is 26.9 Å². The Morgan fingerprint density at radius 3 is 2.44 bits per heavy atom. The molecule has 166 valence electrons. The van der Waals surface area contributed by atoms with Crippen LogP contribution in [0.2, 0.25) is 5.02 Å². The van der Waals surface area contributed by atoms with Gasteiger partial charge < -0.3 is 14.6 Å². The second-order valence-electron chi connectivity index (χ2n) is 7.05. The number of aryl methyl sites for hydroxylation is 1. The first kappa shape index (κ1) is 23.0. The number of hydrogen-bond donors (Lipinski definition) is 1. The van der Waals surface area contributed by atoms with Crippen LogP contribution in [-0.2, 0) is 9.53 Å². The smallest absolute Gasteiger partial charge is 0.340 e. The van der Waals surface area contributed by atoms with Crippen LogP contribution in [0.25, 0.3) is 5.69 Å². The Labute approximate surface area is 187 Å². The number of anilines is 1. The molecular weight excluding hydrogens is 441 g/mol. The monoisotopic (exact) mass is 459 g/mol. The molecule has 0 bridgehead atoms. The van der Waals surface area contributed by atoms with E-state index in [1.165, 1.54) is 31.2 Å². The van der Waals surface area contributed by atoms with Crippen LogP contribution in [0.3, 0.4) is 0 Å². The number of nitro groups is 1. The Balaban J connectivity index is 1.75. The van der Waals surface area contributed by atoms with E-state index in [1.54, 1.807) is 36.6 Å². The van der Waals surface area contributed by atoms with Gasteiger partial charge in [0.2, 0.25) is 0 Å². The van der Waals surface area contributed by atoms with Gasteiger partial charge in [0, 0.05) is 29.2 Å². The number of nitrogens with one attached hydrogen (secondary N) is 1. The van der Waals surface area contributed by atoms with Crippen molar-refractivity contribution >= 4 is 34.9 Å². The minimum absolute atomic E-state index is 0.0308. The normalized spacial score (nSPS) is 11.7. The third kappa shape index (κ3) is 4.78. The second kappa shape index (κ2) is 9.19. The van der Waals surface area contributed by atoms with Gasteiger partial charge in [0.25, 0.3) is 11.6 Å². The van der Waals surface area contributed by atoms with Crippen molar-refractivity contribution in [1.29, 1.82) is 0 Å². The van der Waals surface area contributed by atoms with E-state index in [4.69, 9.17) is 16.3 Å². The molecule has 2 aromatic carbocycles. The van der Waals surface area contributed by atoms with E-state index < -0.39 is 22.9 Å². The molecule has 0 saturated carbocycles. The molecule has 1 heterocycles. The number of benzene rings is 2. The summed E-state index contributed by atoms with van der Waals surface area (Å²) in [5.41, 5.74) is 1.99. The fourth-order valence-electron chi connectivity index (χ4n) is 3.19. The molecule has 0 fully saturated rings. The second-order valence-corrected chi connectivity index (χ2v) is 7.46. The molecule has 1 unspecified atom stereocenters. The lowest BCUT2D eigenvalue weighted by atomic mass is 10.2. The number of aromatic nitrogens is 1. The number of carbonyl (C=O) groups is 2. The van der Waals surface area contributed by atoms with Crippen molar-refractivity contribution < 1.29 is 23.6 Å². The Bertz CT molecular complexity index is 1210. The number of amides is 1. The molecule has 0 radical (unpaired) electrons. The highest BCUT2D eigenvalue weighted by Crippen LogP contribution is 2.27. The molecule has 3 rings (SSSR count). The van der Waals surface area contributed by atoms with Gasteiger partial charge in [-0.05, 0) is 57.2 Å². The third-order valence-electron chi connectivity index (χ3n) is 4.81. The summed E-state index contributed by atoms with van der Waals surface area (Å²) in [6.07, 6.45) is -1.20. The summed E-state index contributed by atoms with van der Waals surface area (Å²) in [4.78, 5) is 35.5. The van der Waals surface area contributed by atoms with Crippen LogP contribution in [0, 0.1) is 29.8 Å². The highest BCUT2D eigenvalue weighted by Gasteiger charge is 2.24.